The van der Waals surface area contributed by atoms with Gasteiger partial charge in [-0.25, -0.2) is 4.39 Å². The minimum Gasteiger partial charge on any atom is -0.306 e. The Labute approximate surface area is 119 Å². The molecule has 20 heavy (non-hydrogen) atoms. The molecule has 1 aromatic carbocycles. The lowest BCUT2D eigenvalue weighted by molar-refractivity contribution is 0.445. The molecule has 3 rings (SSSR count). The molecule has 2 aromatic rings. The minimum absolute atomic E-state index is 0.178. The zero-order chi connectivity index (χ0) is 13.9. The zero-order valence-electron chi connectivity index (χ0n) is 11.6. The van der Waals surface area contributed by atoms with Gasteiger partial charge in [0.05, 0.1) is 11.7 Å². The summed E-state index contributed by atoms with van der Waals surface area (Å²) in [4.78, 5) is 4.50. The van der Waals surface area contributed by atoms with Crippen molar-refractivity contribution in [3.8, 4) is 0 Å². The zero-order valence-corrected chi connectivity index (χ0v) is 11.6. The van der Waals surface area contributed by atoms with Crippen LogP contribution in [-0.2, 0) is 12.8 Å². The first kappa shape index (κ1) is 13.3. The Morgan fingerprint density at radius 1 is 1.30 bits per heavy atom. The van der Waals surface area contributed by atoms with Crippen LogP contribution in [0.4, 0.5) is 4.39 Å². The fraction of sp³-hybridized carbons (Fsp3) is 0.353. The summed E-state index contributed by atoms with van der Waals surface area (Å²) in [5.41, 5.74) is 3.71. The van der Waals surface area contributed by atoms with E-state index in [0.29, 0.717) is 12.1 Å². The van der Waals surface area contributed by atoms with E-state index in [1.54, 1.807) is 0 Å². The Morgan fingerprint density at radius 3 is 2.90 bits per heavy atom. The standard InChI is InChI=1S/C17H19FN2/c1-12(11-13-4-7-15(18)8-5-13)20-16-9-6-14-3-2-10-19-17(14)16/h2-5,7-8,10,12,16,20H,6,9,11H2,1H3. The third kappa shape index (κ3) is 2.88. The van der Waals surface area contributed by atoms with Crippen molar-refractivity contribution in [2.75, 3.05) is 0 Å². The quantitative estimate of drug-likeness (QED) is 0.920. The second-order valence-electron chi connectivity index (χ2n) is 5.54. The number of halogens is 1. The van der Waals surface area contributed by atoms with Gasteiger partial charge in [-0.3, -0.25) is 4.98 Å². The maximum absolute atomic E-state index is 12.9. The molecule has 2 unspecified atom stereocenters. The number of nitrogens with zero attached hydrogens (tertiary/aromatic N) is 1. The van der Waals surface area contributed by atoms with Crippen molar-refractivity contribution in [2.24, 2.45) is 0 Å². The highest BCUT2D eigenvalue weighted by molar-refractivity contribution is 5.28. The molecule has 0 radical (unpaired) electrons. The maximum atomic E-state index is 12.9. The minimum atomic E-state index is -0.178. The Balaban J connectivity index is 1.62. The predicted molar refractivity (Wildman–Crippen MR) is 78.0 cm³/mol. The van der Waals surface area contributed by atoms with Gasteiger partial charge in [0.1, 0.15) is 5.82 Å². The number of nitrogens with one attached hydrogen (secondary N) is 1. The molecule has 0 bridgehead atoms. The lowest BCUT2D eigenvalue weighted by Gasteiger charge is -2.19. The summed E-state index contributed by atoms with van der Waals surface area (Å²) in [6, 6.07) is 11.6. The van der Waals surface area contributed by atoms with Crippen molar-refractivity contribution in [2.45, 2.75) is 38.3 Å². The van der Waals surface area contributed by atoms with E-state index in [4.69, 9.17) is 0 Å². The Morgan fingerprint density at radius 2 is 2.10 bits per heavy atom. The second kappa shape index (κ2) is 5.71. The van der Waals surface area contributed by atoms with Gasteiger partial charge in [0, 0.05) is 12.2 Å². The summed E-state index contributed by atoms with van der Waals surface area (Å²) in [5.74, 6) is -0.178. The highest BCUT2D eigenvalue weighted by atomic mass is 19.1. The first-order valence-corrected chi connectivity index (χ1v) is 7.16. The topological polar surface area (TPSA) is 24.9 Å². The van der Waals surface area contributed by atoms with Crippen LogP contribution < -0.4 is 5.32 Å². The molecule has 104 valence electrons. The van der Waals surface area contributed by atoms with Gasteiger partial charge >= 0.3 is 0 Å². The van der Waals surface area contributed by atoms with Crippen LogP contribution in [0.3, 0.4) is 0 Å². The molecule has 1 aliphatic rings. The van der Waals surface area contributed by atoms with Crippen LogP contribution in [0.25, 0.3) is 0 Å². The van der Waals surface area contributed by atoms with Crippen LogP contribution in [0.15, 0.2) is 42.6 Å². The van der Waals surface area contributed by atoms with E-state index in [1.165, 1.54) is 23.4 Å². The lowest BCUT2D eigenvalue weighted by Crippen LogP contribution is -2.31. The molecule has 1 aromatic heterocycles. The molecule has 1 aliphatic carbocycles. The van der Waals surface area contributed by atoms with Crippen LogP contribution in [0.2, 0.25) is 0 Å². The number of fused-ring (bicyclic) bond motifs is 1. The molecule has 0 amide bonds. The molecular formula is C17H19FN2. The average Bonchev–Trinajstić information content (AvgIpc) is 2.85. The first-order chi connectivity index (χ1) is 9.72. The largest absolute Gasteiger partial charge is 0.306 e. The van der Waals surface area contributed by atoms with Crippen LogP contribution in [0.5, 0.6) is 0 Å². The summed E-state index contributed by atoms with van der Waals surface area (Å²) >= 11 is 0. The third-order valence-corrected chi connectivity index (χ3v) is 3.90. The predicted octanol–water partition coefficient (Wildman–Crippen LogP) is 3.43. The van der Waals surface area contributed by atoms with E-state index in [0.717, 1.165) is 24.8 Å². The van der Waals surface area contributed by atoms with Gasteiger partial charge in [-0.05, 0) is 55.5 Å². The van der Waals surface area contributed by atoms with Gasteiger partial charge < -0.3 is 5.32 Å². The van der Waals surface area contributed by atoms with Crippen molar-refractivity contribution in [3.63, 3.8) is 0 Å². The molecule has 0 aliphatic heterocycles. The number of benzene rings is 1. The van der Waals surface area contributed by atoms with Crippen molar-refractivity contribution in [1.82, 2.24) is 10.3 Å². The van der Waals surface area contributed by atoms with Crippen LogP contribution in [0.1, 0.15) is 36.2 Å². The summed E-state index contributed by atoms with van der Waals surface area (Å²) in [6.45, 7) is 2.17. The van der Waals surface area contributed by atoms with Gasteiger partial charge in [0.25, 0.3) is 0 Å². The fourth-order valence-electron chi connectivity index (χ4n) is 2.95. The SMILES string of the molecule is CC(Cc1ccc(F)cc1)NC1CCc2cccnc21. The number of aromatic nitrogens is 1. The number of aryl methyl sites for hydroxylation is 1. The number of hydrogen-bond donors (Lipinski definition) is 1. The first-order valence-electron chi connectivity index (χ1n) is 7.16. The Bertz CT molecular complexity index is 580. The van der Waals surface area contributed by atoms with Crippen LogP contribution >= 0.6 is 0 Å². The third-order valence-electron chi connectivity index (χ3n) is 3.90. The molecule has 0 fully saturated rings. The Hall–Kier alpha value is -1.74. The molecule has 0 spiro atoms. The molecular weight excluding hydrogens is 251 g/mol. The molecule has 3 heteroatoms. The average molecular weight is 270 g/mol. The molecule has 0 saturated heterocycles. The number of hydrogen-bond acceptors (Lipinski definition) is 2. The van der Waals surface area contributed by atoms with Crippen LogP contribution in [0, 0.1) is 5.82 Å². The van der Waals surface area contributed by atoms with E-state index in [9.17, 15) is 4.39 Å². The number of rotatable bonds is 4. The van der Waals surface area contributed by atoms with Gasteiger partial charge in [-0.1, -0.05) is 18.2 Å². The molecule has 0 saturated carbocycles. The van der Waals surface area contributed by atoms with Crippen LogP contribution in [-0.4, -0.2) is 11.0 Å². The molecule has 1 N–H and O–H groups in total. The fourth-order valence-corrected chi connectivity index (χ4v) is 2.95. The highest BCUT2D eigenvalue weighted by Gasteiger charge is 2.24. The summed E-state index contributed by atoms with van der Waals surface area (Å²) in [6.07, 6.45) is 4.98. The van der Waals surface area contributed by atoms with E-state index in [-0.39, 0.29) is 5.82 Å². The maximum Gasteiger partial charge on any atom is 0.123 e. The smallest absolute Gasteiger partial charge is 0.123 e. The Kier molecular flexibility index (Phi) is 3.79. The molecule has 2 nitrogen and oxygen atoms in total. The molecule has 1 heterocycles. The lowest BCUT2D eigenvalue weighted by atomic mass is 10.1. The van der Waals surface area contributed by atoms with Crippen molar-refractivity contribution >= 4 is 0 Å². The summed E-state index contributed by atoms with van der Waals surface area (Å²) < 4.78 is 12.9. The van der Waals surface area contributed by atoms with E-state index in [1.807, 2.05) is 24.4 Å². The van der Waals surface area contributed by atoms with E-state index in [2.05, 4.69) is 23.3 Å². The second-order valence-corrected chi connectivity index (χ2v) is 5.54. The molecule has 2 atom stereocenters. The van der Waals surface area contributed by atoms with E-state index < -0.39 is 0 Å². The normalized spacial score (nSPS) is 18.8. The summed E-state index contributed by atoms with van der Waals surface area (Å²) in [7, 11) is 0. The van der Waals surface area contributed by atoms with Crippen molar-refractivity contribution in [3.05, 3.63) is 65.2 Å². The van der Waals surface area contributed by atoms with Gasteiger partial charge in [-0.15, -0.1) is 0 Å². The number of pyridine rings is 1. The van der Waals surface area contributed by atoms with Crippen molar-refractivity contribution in [1.29, 1.82) is 0 Å². The van der Waals surface area contributed by atoms with E-state index >= 15 is 0 Å². The highest BCUT2D eigenvalue weighted by Crippen LogP contribution is 2.29. The van der Waals surface area contributed by atoms with Crippen molar-refractivity contribution < 1.29 is 4.39 Å². The monoisotopic (exact) mass is 270 g/mol. The van der Waals surface area contributed by atoms with Gasteiger partial charge in [-0.2, -0.15) is 0 Å². The summed E-state index contributed by atoms with van der Waals surface area (Å²) in [5, 5.41) is 3.64. The van der Waals surface area contributed by atoms with Gasteiger partial charge in [0.2, 0.25) is 0 Å². The van der Waals surface area contributed by atoms with Gasteiger partial charge in [0.15, 0.2) is 0 Å².